The second-order valence-corrected chi connectivity index (χ2v) is 9.87. The molecule has 0 aliphatic heterocycles. The number of carbonyl (C=O) groups is 1. The predicted octanol–water partition coefficient (Wildman–Crippen LogP) is 3.01. The van der Waals surface area contributed by atoms with Crippen LogP contribution in [0.3, 0.4) is 0 Å². The average Bonchev–Trinajstić information content (AvgIpc) is 3.34. The zero-order valence-electron chi connectivity index (χ0n) is 18.4. The molecule has 0 unspecified atom stereocenters. The van der Waals surface area contributed by atoms with Crippen LogP contribution in [0.5, 0.6) is 0 Å². The van der Waals surface area contributed by atoms with Crippen molar-refractivity contribution in [3.63, 3.8) is 0 Å². The summed E-state index contributed by atoms with van der Waals surface area (Å²) in [5.41, 5.74) is 3.18. The molecule has 32 heavy (non-hydrogen) atoms. The summed E-state index contributed by atoms with van der Waals surface area (Å²) in [6, 6.07) is 10.5. The lowest BCUT2D eigenvalue weighted by Gasteiger charge is -2.11. The summed E-state index contributed by atoms with van der Waals surface area (Å²) >= 11 is 0. The lowest BCUT2D eigenvalue weighted by atomic mass is 10.3. The molecule has 0 aliphatic rings. The van der Waals surface area contributed by atoms with E-state index in [1.807, 2.05) is 41.0 Å². The zero-order chi connectivity index (χ0) is 23.0. The molecule has 3 heterocycles. The summed E-state index contributed by atoms with van der Waals surface area (Å²) in [6.07, 6.45) is 2.50. The molecule has 4 rings (SSSR count). The van der Waals surface area contributed by atoms with E-state index in [9.17, 15) is 13.2 Å². The molecule has 0 amide bonds. The van der Waals surface area contributed by atoms with Crippen LogP contribution in [0.4, 0.5) is 0 Å². The number of nitrogens with zero attached hydrogens (tertiary/aromatic N) is 5. The van der Waals surface area contributed by atoms with Crippen LogP contribution in [0.25, 0.3) is 16.7 Å². The van der Waals surface area contributed by atoms with Gasteiger partial charge in [-0.25, -0.2) is 27.5 Å². The fraction of sp³-hybridized carbons (Fsp3) is 0.318. The molecule has 3 aromatic heterocycles. The minimum Gasteiger partial charge on any atom is -0.453 e. The van der Waals surface area contributed by atoms with Gasteiger partial charge in [0, 0.05) is 32.5 Å². The fourth-order valence-electron chi connectivity index (χ4n) is 3.56. The fourth-order valence-corrected chi connectivity index (χ4v) is 4.49. The van der Waals surface area contributed by atoms with Crippen LogP contribution in [0.1, 0.15) is 35.4 Å². The van der Waals surface area contributed by atoms with Crippen LogP contribution in [0.2, 0.25) is 0 Å². The number of esters is 1. The van der Waals surface area contributed by atoms with Crippen LogP contribution >= 0.6 is 0 Å². The van der Waals surface area contributed by atoms with Crippen LogP contribution in [-0.2, 0) is 27.9 Å². The van der Waals surface area contributed by atoms with E-state index in [1.165, 1.54) is 14.1 Å². The van der Waals surface area contributed by atoms with Gasteiger partial charge in [0.05, 0.1) is 15.9 Å². The number of benzene rings is 1. The van der Waals surface area contributed by atoms with Gasteiger partial charge in [0.1, 0.15) is 18.1 Å². The smallest absolute Gasteiger partial charge is 0.359 e. The number of aryl methyl sites for hydroxylation is 2. The van der Waals surface area contributed by atoms with Crippen LogP contribution < -0.4 is 0 Å². The van der Waals surface area contributed by atoms with Crippen molar-refractivity contribution in [1.82, 2.24) is 23.2 Å². The van der Waals surface area contributed by atoms with Crippen molar-refractivity contribution in [3.8, 4) is 0 Å². The monoisotopic (exact) mass is 455 g/mol. The summed E-state index contributed by atoms with van der Waals surface area (Å²) in [5.74, 6) is 0.00799. The van der Waals surface area contributed by atoms with E-state index in [4.69, 9.17) is 4.74 Å². The summed E-state index contributed by atoms with van der Waals surface area (Å²) in [4.78, 5) is 21.7. The standard InChI is InChI=1S/C22H25N5O4S/c1-5-11-26-19-10-9-16(32(29,30)25(3)4)12-17(19)23-21(26)14-31-22(28)18-13-27-15(2)7-6-8-20(27)24-18/h6-10,12-13H,5,11,14H2,1-4H3. The number of hydrogen-bond donors (Lipinski definition) is 0. The number of pyridine rings is 1. The maximum absolute atomic E-state index is 12.6. The molecule has 1 aromatic carbocycles. The molecule has 0 saturated carbocycles. The Labute approximate surface area is 186 Å². The average molecular weight is 456 g/mol. The number of sulfonamides is 1. The molecule has 0 bridgehead atoms. The lowest BCUT2D eigenvalue weighted by molar-refractivity contribution is 0.0452. The maximum atomic E-state index is 12.6. The van der Waals surface area contributed by atoms with Crippen molar-refractivity contribution in [2.45, 2.75) is 38.3 Å². The zero-order valence-corrected chi connectivity index (χ0v) is 19.3. The van der Waals surface area contributed by atoms with Gasteiger partial charge in [0.2, 0.25) is 10.0 Å². The summed E-state index contributed by atoms with van der Waals surface area (Å²) in [6.45, 7) is 4.58. The van der Waals surface area contributed by atoms with Gasteiger partial charge in [0.25, 0.3) is 0 Å². The first kappa shape index (κ1) is 22.0. The summed E-state index contributed by atoms with van der Waals surface area (Å²) in [7, 11) is -0.600. The van der Waals surface area contributed by atoms with Gasteiger partial charge in [-0.3, -0.25) is 0 Å². The number of rotatable bonds is 7. The normalized spacial score (nSPS) is 12.2. The Bertz CT molecular complexity index is 1420. The Morgan fingerprint density at radius 1 is 1.16 bits per heavy atom. The van der Waals surface area contributed by atoms with Crippen molar-refractivity contribution >= 4 is 32.7 Å². The van der Waals surface area contributed by atoms with Crippen LogP contribution in [-0.4, -0.2) is 51.7 Å². The highest BCUT2D eigenvalue weighted by Gasteiger charge is 2.21. The molecule has 0 radical (unpaired) electrons. The third kappa shape index (κ3) is 3.87. The highest BCUT2D eigenvalue weighted by Crippen LogP contribution is 2.23. The topological polar surface area (TPSA) is 98.8 Å². The SMILES string of the molecule is CCCn1c(COC(=O)c2cn3c(C)cccc3n2)nc2cc(S(=O)(=O)N(C)C)ccc21. The van der Waals surface area contributed by atoms with Gasteiger partial charge in [-0.05, 0) is 43.7 Å². The molecule has 0 fully saturated rings. The van der Waals surface area contributed by atoms with E-state index in [2.05, 4.69) is 9.97 Å². The van der Waals surface area contributed by atoms with E-state index in [1.54, 1.807) is 24.4 Å². The molecule has 168 valence electrons. The minimum atomic E-state index is -3.57. The number of fused-ring (bicyclic) bond motifs is 2. The Hall–Kier alpha value is -3.24. The van der Waals surface area contributed by atoms with Crippen LogP contribution in [0.15, 0.2) is 47.5 Å². The molecule has 0 spiro atoms. The maximum Gasteiger partial charge on any atom is 0.359 e. The largest absolute Gasteiger partial charge is 0.453 e. The van der Waals surface area contributed by atoms with Crippen molar-refractivity contribution in [2.24, 2.45) is 0 Å². The lowest BCUT2D eigenvalue weighted by Crippen LogP contribution is -2.22. The number of carbonyl (C=O) groups excluding carboxylic acids is 1. The first-order chi connectivity index (χ1) is 15.2. The minimum absolute atomic E-state index is 0.0455. The third-order valence-electron chi connectivity index (χ3n) is 5.26. The van der Waals surface area contributed by atoms with E-state index in [0.29, 0.717) is 23.5 Å². The second kappa shape index (κ2) is 8.36. The molecule has 4 aromatic rings. The highest BCUT2D eigenvalue weighted by atomic mass is 32.2. The Balaban J connectivity index is 1.63. The van der Waals surface area contributed by atoms with Gasteiger partial charge < -0.3 is 13.7 Å². The number of imidazole rings is 2. The van der Waals surface area contributed by atoms with Gasteiger partial charge in [-0.2, -0.15) is 0 Å². The van der Waals surface area contributed by atoms with Gasteiger partial charge >= 0.3 is 5.97 Å². The highest BCUT2D eigenvalue weighted by molar-refractivity contribution is 7.89. The number of hydrogen-bond acceptors (Lipinski definition) is 6. The first-order valence-corrected chi connectivity index (χ1v) is 11.7. The van der Waals surface area contributed by atoms with Gasteiger partial charge in [-0.1, -0.05) is 13.0 Å². The van der Waals surface area contributed by atoms with Gasteiger partial charge in [-0.15, -0.1) is 0 Å². The Morgan fingerprint density at radius 3 is 2.62 bits per heavy atom. The second-order valence-electron chi connectivity index (χ2n) is 7.72. The van der Waals surface area contributed by atoms with E-state index >= 15 is 0 Å². The van der Waals surface area contributed by atoms with Crippen molar-refractivity contribution in [1.29, 1.82) is 0 Å². The van der Waals surface area contributed by atoms with Crippen molar-refractivity contribution in [3.05, 3.63) is 59.8 Å². The van der Waals surface area contributed by atoms with Crippen molar-refractivity contribution < 1.29 is 17.9 Å². The Kier molecular flexibility index (Phi) is 5.74. The molecule has 0 atom stereocenters. The summed E-state index contributed by atoms with van der Waals surface area (Å²) in [5, 5.41) is 0. The number of aromatic nitrogens is 4. The molecular formula is C22H25N5O4S. The summed E-state index contributed by atoms with van der Waals surface area (Å²) < 4.78 is 35.4. The molecular weight excluding hydrogens is 430 g/mol. The Morgan fingerprint density at radius 2 is 1.94 bits per heavy atom. The molecule has 10 heteroatoms. The van der Waals surface area contributed by atoms with E-state index in [0.717, 1.165) is 21.9 Å². The van der Waals surface area contributed by atoms with E-state index in [-0.39, 0.29) is 17.2 Å². The molecule has 0 saturated heterocycles. The third-order valence-corrected chi connectivity index (χ3v) is 7.07. The molecule has 9 nitrogen and oxygen atoms in total. The molecule has 0 aliphatic carbocycles. The predicted molar refractivity (Wildman–Crippen MR) is 120 cm³/mol. The molecule has 0 N–H and O–H groups in total. The van der Waals surface area contributed by atoms with Gasteiger partial charge in [0.15, 0.2) is 5.69 Å². The van der Waals surface area contributed by atoms with Crippen LogP contribution in [0, 0.1) is 6.92 Å². The first-order valence-electron chi connectivity index (χ1n) is 10.3. The number of ether oxygens (including phenoxy) is 1. The quantitative estimate of drug-likeness (QED) is 0.397. The van der Waals surface area contributed by atoms with Crippen molar-refractivity contribution in [2.75, 3.05) is 14.1 Å². The van der Waals surface area contributed by atoms with E-state index < -0.39 is 16.0 Å².